The summed E-state index contributed by atoms with van der Waals surface area (Å²) >= 11 is 0. The second kappa shape index (κ2) is 5.51. The van der Waals surface area contributed by atoms with Crippen molar-refractivity contribution in [1.29, 1.82) is 0 Å². The van der Waals surface area contributed by atoms with E-state index < -0.39 is 5.97 Å². The van der Waals surface area contributed by atoms with Gasteiger partial charge in [0.25, 0.3) is 0 Å². The zero-order valence-electron chi connectivity index (χ0n) is 10.8. The molecule has 0 fully saturated rings. The van der Waals surface area contributed by atoms with Crippen molar-refractivity contribution < 1.29 is 14.6 Å². The normalized spacial score (nSPS) is 10.7. The van der Waals surface area contributed by atoms with Crippen LogP contribution >= 0.6 is 0 Å². The van der Waals surface area contributed by atoms with E-state index in [-0.39, 0.29) is 12.5 Å². The van der Waals surface area contributed by atoms with Crippen LogP contribution in [0.15, 0.2) is 30.6 Å². The molecular weight excluding hydrogens is 246 g/mol. The van der Waals surface area contributed by atoms with Gasteiger partial charge in [-0.3, -0.25) is 4.57 Å². The smallest absolute Gasteiger partial charge is 0.341 e. The van der Waals surface area contributed by atoms with E-state index in [1.165, 1.54) is 0 Å². The van der Waals surface area contributed by atoms with Gasteiger partial charge in [0, 0.05) is 12.0 Å². The molecule has 0 aliphatic rings. The number of aromatic nitrogens is 3. The number of carboxylic acid groups (broad SMARTS) is 1. The van der Waals surface area contributed by atoms with Crippen molar-refractivity contribution in [2.75, 3.05) is 6.61 Å². The van der Waals surface area contributed by atoms with Gasteiger partial charge in [-0.2, -0.15) is 0 Å². The van der Waals surface area contributed by atoms with Gasteiger partial charge in [0.1, 0.15) is 17.9 Å². The Kier molecular flexibility index (Phi) is 3.79. The quantitative estimate of drug-likeness (QED) is 0.888. The summed E-state index contributed by atoms with van der Waals surface area (Å²) in [5, 5.41) is 16.6. The van der Waals surface area contributed by atoms with Crippen LogP contribution < -0.4 is 4.74 Å². The molecule has 1 heterocycles. The van der Waals surface area contributed by atoms with E-state index in [2.05, 4.69) is 10.2 Å². The molecule has 1 N–H and O–H groups in total. The van der Waals surface area contributed by atoms with E-state index in [0.717, 1.165) is 11.5 Å². The monoisotopic (exact) mass is 261 g/mol. The number of benzene rings is 1. The minimum atomic E-state index is -1.00. The minimum absolute atomic E-state index is 0.242. The van der Waals surface area contributed by atoms with Crippen molar-refractivity contribution in [2.24, 2.45) is 0 Å². The molecule has 0 atom stereocenters. The Bertz CT molecular complexity index is 578. The third kappa shape index (κ3) is 3.09. The van der Waals surface area contributed by atoms with Crippen molar-refractivity contribution >= 4 is 5.97 Å². The average molecular weight is 261 g/mol. The van der Waals surface area contributed by atoms with Crippen LogP contribution in [-0.4, -0.2) is 32.4 Å². The number of aliphatic carboxylic acids is 1. The van der Waals surface area contributed by atoms with Gasteiger partial charge in [0.2, 0.25) is 0 Å². The van der Waals surface area contributed by atoms with Gasteiger partial charge in [-0.05, 0) is 12.1 Å². The molecule has 0 saturated carbocycles. The van der Waals surface area contributed by atoms with Gasteiger partial charge >= 0.3 is 5.97 Å². The number of rotatable bonds is 5. The second-order valence-electron chi connectivity index (χ2n) is 4.39. The molecule has 1 aromatic carbocycles. The van der Waals surface area contributed by atoms with E-state index >= 15 is 0 Å². The minimum Gasteiger partial charge on any atom is -0.482 e. The molecule has 6 heteroatoms. The molecule has 2 rings (SSSR count). The van der Waals surface area contributed by atoms with Gasteiger partial charge in [-0.25, -0.2) is 4.79 Å². The molecule has 0 saturated heterocycles. The maximum Gasteiger partial charge on any atom is 0.341 e. The molecule has 0 amide bonds. The zero-order valence-corrected chi connectivity index (χ0v) is 10.8. The Balaban J connectivity index is 2.27. The Morgan fingerprint density at radius 3 is 2.95 bits per heavy atom. The van der Waals surface area contributed by atoms with Crippen LogP contribution in [0.1, 0.15) is 25.6 Å². The molecule has 1 aromatic heterocycles. The molecule has 19 heavy (non-hydrogen) atoms. The number of hydrogen-bond acceptors (Lipinski definition) is 4. The maximum atomic E-state index is 10.5. The molecule has 0 aliphatic carbocycles. The number of nitrogens with zero attached hydrogens (tertiary/aromatic N) is 3. The van der Waals surface area contributed by atoms with Crippen LogP contribution in [0, 0.1) is 0 Å². The van der Waals surface area contributed by atoms with E-state index in [0.29, 0.717) is 5.75 Å². The fourth-order valence-corrected chi connectivity index (χ4v) is 1.70. The number of hydrogen-bond donors (Lipinski definition) is 1. The maximum absolute atomic E-state index is 10.5. The first-order valence-corrected chi connectivity index (χ1v) is 5.93. The van der Waals surface area contributed by atoms with Gasteiger partial charge in [0.15, 0.2) is 6.61 Å². The van der Waals surface area contributed by atoms with E-state index in [4.69, 9.17) is 9.84 Å². The van der Waals surface area contributed by atoms with Gasteiger partial charge in [-0.1, -0.05) is 19.9 Å². The summed E-state index contributed by atoms with van der Waals surface area (Å²) in [6.07, 6.45) is 1.63. The summed E-state index contributed by atoms with van der Waals surface area (Å²) in [7, 11) is 0. The van der Waals surface area contributed by atoms with Crippen LogP contribution in [0.2, 0.25) is 0 Å². The van der Waals surface area contributed by atoms with Crippen molar-refractivity contribution in [1.82, 2.24) is 14.8 Å². The first-order chi connectivity index (χ1) is 9.08. The van der Waals surface area contributed by atoms with E-state index in [1.54, 1.807) is 24.5 Å². The highest BCUT2D eigenvalue weighted by molar-refractivity contribution is 5.68. The molecule has 0 aliphatic heterocycles. The van der Waals surface area contributed by atoms with Crippen molar-refractivity contribution in [2.45, 2.75) is 19.8 Å². The lowest BCUT2D eigenvalue weighted by Crippen LogP contribution is -2.09. The first kappa shape index (κ1) is 13.1. The Morgan fingerprint density at radius 1 is 1.47 bits per heavy atom. The number of carboxylic acids is 1. The molecule has 0 bridgehead atoms. The Labute approximate surface area is 110 Å². The molecule has 2 aromatic rings. The van der Waals surface area contributed by atoms with Gasteiger partial charge in [-0.15, -0.1) is 10.2 Å². The lowest BCUT2D eigenvalue weighted by atomic mass is 10.2. The predicted molar refractivity (Wildman–Crippen MR) is 68.6 cm³/mol. The van der Waals surface area contributed by atoms with Gasteiger partial charge in [0.05, 0.1) is 5.69 Å². The van der Waals surface area contributed by atoms with E-state index in [1.807, 2.05) is 24.5 Å². The fraction of sp³-hybridized carbons (Fsp3) is 0.308. The predicted octanol–water partition coefficient (Wildman–Crippen LogP) is 1.85. The van der Waals surface area contributed by atoms with Crippen LogP contribution in [-0.2, 0) is 4.79 Å². The van der Waals surface area contributed by atoms with Crippen molar-refractivity contribution in [3.8, 4) is 11.4 Å². The molecule has 100 valence electrons. The fourth-order valence-electron chi connectivity index (χ4n) is 1.70. The summed E-state index contributed by atoms with van der Waals surface area (Å²) in [4.78, 5) is 10.5. The first-order valence-electron chi connectivity index (χ1n) is 5.93. The third-order valence-electron chi connectivity index (χ3n) is 2.55. The average Bonchev–Trinajstić information content (AvgIpc) is 2.86. The molecule has 0 spiro atoms. The van der Waals surface area contributed by atoms with E-state index in [9.17, 15) is 4.79 Å². The molecule has 0 unspecified atom stereocenters. The standard InChI is InChI=1S/C13H15N3O3/c1-9(2)13-15-14-8-16(13)10-4-3-5-11(6-10)19-7-12(17)18/h3-6,8-9H,7H2,1-2H3,(H,17,18). The summed E-state index contributed by atoms with van der Waals surface area (Å²) in [6, 6.07) is 7.17. The van der Waals surface area contributed by atoms with Crippen LogP contribution in [0.25, 0.3) is 5.69 Å². The molecular formula is C13H15N3O3. The highest BCUT2D eigenvalue weighted by Gasteiger charge is 2.10. The lowest BCUT2D eigenvalue weighted by Gasteiger charge is -2.10. The van der Waals surface area contributed by atoms with Crippen LogP contribution in [0.4, 0.5) is 0 Å². The number of ether oxygens (including phenoxy) is 1. The summed E-state index contributed by atoms with van der Waals surface area (Å²) in [6.45, 7) is 3.71. The zero-order chi connectivity index (χ0) is 13.8. The van der Waals surface area contributed by atoms with Gasteiger partial charge < -0.3 is 9.84 Å². The Hall–Kier alpha value is -2.37. The van der Waals surface area contributed by atoms with Crippen LogP contribution in [0.3, 0.4) is 0 Å². The highest BCUT2D eigenvalue weighted by Crippen LogP contribution is 2.20. The van der Waals surface area contributed by atoms with Crippen molar-refractivity contribution in [3.63, 3.8) is 0 Å². The molecule has 6 nitrogen and oxygen atoms in total. The lowest BCUT2D eigenvalue weighted by molar-refractivity contribution is -0.139. The SMILES string of the molecule is CC(C)c1nncn1-c1cccc(OCC(=O)O)c1. The summed E-state index contributed by atoms with van der Waals surface area (Å²) in [5.41, 5.74) is 0.844. The second-order valence-corrected chi connectivity index (χ2v) is 4.39. The Morgan fingerprint density at radius 2 is 2.26 bits per heavy atom. The van der Waals surface area contributed by atoms with Crippen LogP contribution in [0.5, 0.6) is 5.75 Å². The summed E-state index contributed by atoms with van der Waals surface area (Å²) < 4.78 is 7.01. The number of carbonyl (C=O) groups is 1. The third-order valence-corrected chi connectivity index (χ3v) is 2.55. The van der Waals surface area contributed by atoms with Crippen molar-refractivity contribution in [3.05, 3.63) is 36.4 Å². The molecule has 0 radical (unpaired) electrons. The topological polar surface area (TPSA) is 77.2 Å². The summed E-state index contributed by atoms with van der Waals surface area (Å²) in [5.74, 6) is 0.586. The highest BCUT2D eigenvalue weighted by atomic mass is 16.5. The largest absolute Gasteiger partial charge is 0.482 e.